The maximum Gasteiger partial charge on any atom is 0.251 e. The third-order valence-corrected chi connectivity index (χ3v) is 3.17. The van der Waals surface area contributed by atoms with Crippen LogP contribution in [0.3, 0.4) is 0 Å². The first-order chi connectivity index (χ1) is 10.8. The molecule has 110 valence electrons. The van der Waals surface area contributed by atoms with Gasteiger partial charge in [0.2, 0.25) is 0 Å². The molecule has 0 radical (unpaired) electrons. The molecule has 0 aliphatic carbocycles. The smallest absolute Gasteiger partial charge is 0.251 e. The number of hydrogen-bond acceptors (Lipinski definition) is 6. The molecule has 0 unspecified atom stereocenters. The van der Waals surface area contributed by atoms with Crippen LogP contribution in [0.1, 0.15) is 5.69 Å². The fourth-order valence-electron chi connectivity index (χ4n) is 1.97. The standard InChI is InChI=1S/C16H16N6/c1-22(14-8-3-2-4-9-14)16-20-15(12-19-21-16)18-11-13-7-5-6-10-17-13/h2-10,12H,11H2,1H3,(H,18,20,21). The molecule has 6 nitrogen and oxygen atoms in total. The van der Waals surface area contributed by atoms with E-state index in [1.54, 1.807) is 12.4 Å². The van der Waals surface area contributed by atoms with Crippen LogP contribution in [-0.4, -0.2) is 27.2 Å². The Hall–Kier alpha value is -3.02. The van der Waals surface area contributed by atoms with E-state index in [-0.39, 0.29) is 0 Å². The molecule has 0 saturated carbocycles. The number of para-hydroxylation sites is 1. The molecule has 0 saturated heterocycles. The number of nitrogens with one attached hydrogen (secondary N) is 1. The highest BCUT2D eigenvalue weighted by Gasteiger charge is 2.08. The van der Waals surface area contributed by atoms with E-state index in [4.69, 9.17) is 0 Å². The Morgan fingerprint density at radius 3 is 2.64 bits per heavy atom. The zero-order chi connectivity index (χ0) is 15.2. The van der Waals surface area contributed by atoms with Crippen LogP contribution in [0.25, 0.3) is 0 Å². The van der Waals surface area contributed by atoms with Crippen molar-refractivity contribution in [3.63, 3.8) is 0 Å². The second-order valence-corrected chi connectivity index (χ2v) is 4.71. The lowest BCUT2D eigenvalue weighted by Crippen LogP contribution is -2.15. The number of aromatic nitrogens is 4. The van der Waals surface area contributed by atoms with Gasteiger partial charge in [-0.1, -0.05) is 24.3 Å². The van der Waals surface area contributed by atoms with Crippen LogP contribution in [0, 0.1) is 0 Å². The van der Waals surface area contributed by atoms with Gasteiger partial charge in [0, 0.05) is 18.9 Å². The molecule has 3 rings (SSSR count). The van der Waals surface area contributed by atoms with Crippen molar-refractivity contribution in [2.24, 2.45) is 0 Å². The monoisotopic (exact) mass is 292 g/mol. The molecule has 0 amide bonds. The van der Waals surface area contributed by atoms with Gasteiger partial charge in [-0.05, 0) is 24.3 Å². The maximum absolute atomic E-state index is 4.48. The number of anilines is 3. The lowest BCUT2D eigenvalue weighted by molar-refractivity contribution is 0.917. The molecule has 3 aromatic rings. The predicted molar refractivity (Wildman–Crippen MR) is 85.9 cm³/mol. The molecule has 1 aromatic carbocycles. The fraction of sp³-hybridized carbons (Fsp3) is 0.125. The van der Waals surface area contributed by atoms with Gasteiger partial charge in [-0.25, -0.2) is 0 Å². The maximum atomic E-state index is 4.48. The average Bonchev–Trinajstić information content (AvgIpc) is 2.61. The molecule has 6 heteroatoms. The van der Waals surface area contributed by atoms with Crippen molar-refractivity contribution in [1.82, 2.24) is 20.2 Å². The summed E-state index contributed by atoms with van der Waals surface area (Å²) in [5, 5.41) is 11.3. The van der Waals surface area contributed by atoms with Crippen LogP contribution < -0.4 is 10.2 Å². The van der Waals surface area contributed by atoms with Gasteiger partial charge in [0.1, 0.15) is 0 Å². The molecule has 0 atom stereocenters. The number of pyridine rings is 1. The number of hydrogen-bond donors (Lipinski definition) is 1. The molecule has 2 heterocycles. The fourth-order valence-corrected chi connectivity index (χ4v) is 1.97. The first kappa shape index (κ1) is 13.9. The van der Waals surface area contributed by atoms with Crippen molar-refractivity contribution in [2.45, 2.75) is 6.54 Å². The molecule has 0 fully saturated rings. The van der Waals surface area contributed by atoms with Gasteiger partial charge < -0.3 is 10.2 Å². The van der Waals surface area contributed by atoms with Crippen molar-refractivity contribution in [3.8, 4) is 0 Å². The molecule has 0 aliphatic rings. The highest BCUT2D eigenvalue weighted by atomic mass is 15.3. The van der Waals surface area contributed by atoms with Crippen molar-refractivity contribution in [2.75, 3.05) is 17.3 Å². The van der Waals surface area contributed by atoms with E-state index in [0.717, 1.165) is 11.4 Å². The summed E-state index contributed by atoms with van der Waals surface area (Å²) in [6, 6.07) is 15.7. The highest BCUT2D eigenvalue weighted by Crippen LogP contribution is 2.19. The summed E-state index contributed by atoms with van der Waals surface area (Å²) in [6.45, 7) is 0.591. The second kappa shape index (κ2) is 6.62. The number of nitrogens with zero attached hydrogens (tertiary/aromatic N) is 5. The molecule has 22 heavy (non-hydrogen) atoms. The van der Waals surface area contributed by atoms with Crippen LogP contribution >= 0.6 is 0 Å². The third-order valence-electron chi connectivity index (χ3n) is 3.17. The topological polar surface area (TPSA) is 66.8 Å². The van der Waals surface area contributed by atoms with E-state index in [2.05, 4.69) is 25.5 Å². The van der Waals surface area contributed by atoms with Crippen molar-refractivity contribution < 1.29 is 0 Å². The first-order valence-electron chi connectivity index (χ1n) is 6.95. The summed E-state index contributed by atoms with van der Waals surface area (Å²) in [5.74, 6) is 1.20. The van der Waals surface area contributed by atoms with Crippen molar-refractivity contribution in [3.05, 3.63) is 66.6 Å². The zero-order valence-electron chi connectivity index (χ0n) is 12.2. The molecular weight excluding hydrogens is 276 g/mol. The van der Waals surface area contributed by atoms with Crippen LogP contribution in [0.15, 0.2) is 60.9 Å². The Morgan fingerprint density at radius 1 is 1.05 bits per heavy atom. The molecule has 2 aromatic heterocycles. The summed E-state index contributed by atoms with van der Waals surface area (Å²) >= 11 is 0. The summed E-state index contributed by atoms with van der Waals surface area (Å²) in [5.41, 5.74) is 1.95. The molecule has 0 spiro atoms. The SMILES string of the molecule is CN(c1ccccc1)c1nncc(NCc2ccccn2)n1. The van der Waals surface area contributed by atoms with E-state index in [1.807, 2.05) is 60.5 Å². The lowest BCUT2D eigenvalue weighted by atomic mass is 10.3. The minimum absolute atomic E-state index is 0.539. The Morgan fingerprint density at radius 2 is 1.86 bits per heavy atom. The van der Waals surface area contributed by atoms with Crippen LogP contribution in [-0.2, 0) is 6.54 Å². The molecule has 0 aliphatic heterocycles. The van der Waals surface area contributed by atoms with E-state index < -0.39 is 0 Å². The molecular formula is C16H16N6. The van der Waals surface area contributed by atoms with E-state index >= 15 is 0 Å². The van der Waals surface area contributed by atoms with Gasteiger partial charge >= 0.3 is 0 Å². The largest absolute Gasteiger partial charge is 0.363 e. The highest BCUT2D eigenvalue weighted by molar-refractivity contribution is 5.56. The van der Waals surface area contributed by atoms with Gasteiger partial charge in [-0.15, -0.1) is 5.10 Å². The lowest BCUT2D eigenvalue weighted by Gasteiger charge is -2.16. The number of rotatable bonds is 5. The van der Waals surface area contributed by atoms with Crippen LogP contribution in [0.5, 0.6) is 0 Å². The minimum atomic E-state index is 0.539. The first-order valence-corrected chi connectivity index (χ1v) is 6.95. The van der Waals surface area contributed by atoms with Gasteiger partial charge in [0.25, 0.3) is 5.95 Å². The Kier molecular flexibility index (Phi) is 4.20. The van der Waals surface area contributed by atoms with E-state index in [1.165, 1.54) is 0 Å². The quantitative estimate of drug-likeness (QED) is 0.780. The average molecular weight is 292 g/mol. The predicted octanol–water partition coefficient (Wildman–Crippen LogP) is 2.65. The summed E-state index contributed by atoms with van der Waals surface area (Å²) in [6.07, 6.45) is 3.37. The van der Waals surface area contributed by atoms with Gasteiger partial charge in [0.05, 0.1) is 18.4 Å². The van der Waals surface area contributed by atoms with Gasteiger partial charge in [0.15, 0.2) is 5.82 Å². The second-order valence-electron chi connectivity index (χ2n) is 4.71. The third kappa shape index (κ3) is 3.35. The minimum Gasteiger partial charge on any atom is -0.363 e. The summed E-state index contributed by atoms with van der Waals surface area (Å²) in [7, 11) is 1.91. The van der Waals surface area contributed by atoms with Crippen molar-refractivity contribution >= 4 is 17.5 Å². The summed E-state index contributed by atoms with van der Waals surface area (Å²) < 4.78 is 0. The van der Waals surface area contributed by atoms with Crippen LogP contribution in [0.4, 0.5) is 17.5 Å². The molecule has 1 N–H and O–H groups in total. The van der Waals surface area contributed by atoms with Crippen molar-refractivity contribution in [1.29, 1.82) is 0 Å². The van der Waals surface area contributed by atoms with E-state index in [0.29, 0.717) is 18.3 Å². The van der Waals surface area contributed by atoms with E-state index in [9.17, 15) is 0 Å². The summed E-state index contributed by atoms with van der Waals surface area (Å²) in [4.78, 5) is 10.6. The Bertz CT molecular complexity index is 717. The Labute approximate surface area is 128 Å². The molecule has 0 bridgehead atoms. The van der Waals surface area contributed by atoms with Gasteiger partial charge in [-0.2, -0.15) is 10.1 Å². The normalized spacial score (nSPS) is 10.2. The Balaban J connectivity index is 1.72. The van der Waals surface area contributed by atoms with Gasteiger partial charge in [-0.3, -0.25) is 4.98 Å². The zero-order valence-corrected chi connectivity index (χ0v) is 12.2. The van der Waals surface area contributed by atoms with Crippen LogP contribution in [0.2, 0.25) is 0 Å². The number of benzene rings is 1.